The fourth-order valence-corrected chi connectivity index (χ4v) is 1.95. The van der Waals surface area contributed by atoms with Gasteiger partial charge in [0.2, 0.25) is 0 Å². The standard InChI is InChI=1S/C11H18O2/c1-3-4-8-11(2)9(12)6-5-7-10(11)13/h3,9,12H,1,4-8H2,2H3/t9-,11+/m1/s1. The van der Waals surface area contributed by atoms with Crippen molar-refractivity contribution in [3.05, 3.63) is 12.7 Å². The van der Waals surface area contributed by atoms with Crippen molar-refractivity contribution >= 4 is 5.78 Å². The van der Waals surface area contributed by atoms with Crippen LogP contribution in [-0.2, 0) is 4.79 Å². The Morgan fingerprint density at radius 2 is 2.46 bits per heavy atom. The Morgan fingerprint density at radius 1 is 1.77 bits per heavy atom. The summed E-state index contributed by atoms with van der Waals surface area (Å²) in [7, 11) is 0. The molecule has 1 fully saturated rings. The fraction of sp³-hybridized carbons (Fsp3) is 0.727. The van der Waals surface area contributed by atoms with Gasteiger partial charge in [0.25, 0.3) is 0 Å². The minimum Gasteiger partial charge on any atom is -0.392 e. The number of ketones is 1. The zero-order valence-corrected chi connectivity index (χ0v) is 8.25. The Hall–Kier alpha value is -0.630. The summed E-state index contributed by atoms with van der Waals surface area (Å²) in [6.07, 6.45) is 5.12. The minimum atomic E-state index is -0.507. The van der Waals surface area contributed by atoms with E-state index in [1.807, 2.05) is 6.92 Å². The molecule has 0 saturated heterocycles. The van der Waals surface area contributed by atoms with Crippen molar-refractivity contribution < 1.29 is 9.90 Å². The number of Topliss-reactive ketones (excluding diaryl/α,β-unsaturated/α-hetero) is 1. The van der Waals surface area contributed by atoms with Crippen LogP contribution in [0.1, 0.15) is 39.0 Å². The molecule has 0 aliphatic heterocycles. The summed E-state index contributed by atoms with van der Waals surface area (Å²) >= 11 is 0. The molecule has 1 saturated carbocycles. The Morgan fingerprint density at radius 3 is 3.00 bits per heavy atom. The third kappa shape index (κ3) is 1.99. The zero-order chi connectivity index (χ0) is 9.90. The first-order chi connectivity index (χ1) is 6.11. The van der Waals surface area contributed by atoms with Crippen molar-refractivity contribution in [2.45, 2.75) is 45.1 Å². The highest BCUT2D eigenvalue weighted by molar-refractivity contribution is 5.85. The van der Waals surface area contributed by atoms with Gasteiger partial charge in [0.05, 0.1) is 11.5 Å². The molecule has 2 atom stereocenters. The molecule has 0 radical (unpaired) electrons. The second kappa shape index (κ2) is 4.05. The molecule has 0 spiro atoms. The molecule has 0 unspecified atom stereocenters. The van der Waals surface area contributed by atoms with E-state index >= 15 is 0 Å². The molecule has 1 N–H and O–H groups in total. The van der Waals surface area contributed by atoms with E-state index in [1.54, 1.807) is 6.08 Å². The van der Waals surface area contributed by atoms with Crippen LogP contribution >= 0.6 is 0 Å². The molecule has 74 valence electrons. The number of aliphatic hydroxyl groups excluding tert-OH is 1. The lowest BCUT2D eigenvalue weighted by molar-refractivity contribution is -0.139. The maximum Gasteiger partial charge on any atom is 0.141 e. The Labute approximate surface area is 79.6 Å². The van der Waals surface area contributed by atoms with Crippen molar-refractivity contribution in [3.8, 4) is 0 Å². The highest BCUT2D eigenvalue weighted by Crippen LogP contribution is 2.37. The van der Waals surface area contributed by atoms with Crippen LogP contribution in [0, 0.1) is 5.41 Å². The number of hydrogen-bond acceptors (Lipinski definition) is 2. The SMILES string of the molecule is C=CCC[C@]1(C)C(=O)CCC[C@H]1O. The lowest BCUT2D eigenvalue weighted by Gasteiger charge is -2.36. The number of hydrogen-bond donors (Lipinski definition) is 1. The molecular weight excluding hydrogens is 164 g/mol. The number of allylic oxidation sites excluding steroid dienone is 1. The summed E-state index contributed by atoms with van der Waals surface area (Å²) in [4.78, 5) is 11.6. The van der Waals surface area contributed by atoms with E-state index in [0.29, 0.717) is 6.42 Å². The summed E-state index contributed by atoms with van der Waals surface area (Å²) < 4.78 is 0. The Kier molecular flexibility index (Phi) is 3.26. The van der Waals surface area contributed by atoms with E-state index in [4.69, 9.17) is 0 Å². The summed E-state index contributed by atoms with van der Waals surface area (Å²) in [6.45, 7) is 5.51. The van der Waals surface area contributed by atoms with Crippen LogP contribution in [0.25, 0.3) is 0 Å². The molecule has 0 aromatic carbocycles. The van der Waals surface area contributed by atoms with E-state index in [9.17, 15) is 9.90 Å². The van der Waals surface area contributed by atoms with Crippen LogP contribution in [0.3, 0.4) is 0 Å². The lowest BCUT2D eigenvalue weighted by Crippen LogP contribution is -2.43. The topological polar surface area (TPSA) is 37.3 Å². The zero-order valence-electron chi connectivity index (χ0n) is 8.25. The van der Waals surface area contributed by atoms with Crippen molar-refractivity contribution in [2.75, 3.05) is 0 Å². The smallest absolute Gasteiger partial charge is 0.141 e. The van der Waals surface area contributed by atoms with Crippen molar-refractivity contribution in [3.63, 3.8) is 0 Å². The maximum absolute atomic E-state index is 11.6. The van der Waals surface area contributed by atoms with E-state index in [2.05, 4.69) is 6.58 Å². The van der Waals surface area contributed by atoms with Gasteiger partial charge in [0, 0.05) is 6.42 Å². The van der Waals surface area contributed by atoms with Crippen LogP contribution in [0.15, 0.2) is 12.7 Å². The van der Waals surface area contributed by atoms with E-state index < -0.39 is 11.5 Å². The fourth-order valence-electron chi connectivity index (χ4n) is 1.95. The molecule has 13 heavy (non-hydrogen) atoms. The first kappa shape index (κ1) is 10.5. The average molecular weight is 182 g/mol. The Balaban J connectivity index is 2.69. The van der Waals surface area contributed by atoms with Gasteiger partial charge >= 0.3 is 0 Å². The predicted molar refractivity (Wildman–Crippen MR) is 52.4 cm³/mol. The van der Waals surface area contributed by atoms with E-state index in [-0.39, 0.29) is 5.78 Å². The number of carbonyl (C=O) groups is 1. The van der Waals surface area contributed by atoms with Crippen LogP contribution in [-0.4, -0.2) is 17.0 Å². The van der Waals surface area contributed by atoms with Crippen molar-refractivity contribution in [1.82, 2.24) is 0 Å². The Bertz CT molecular complexity index is 210. The van der Waals surface area contributed by atoms with Gasteiger partial charge in [-0.15, -0.1) is 6.58 Å². The molecule has 2 nitrogen and oxygen atoms in total. The molecular formula is C11H18O2. The highest BCUT2D eigenvalue weighted by atomic mass is 16.3. The molecule has 2 heteroatoms. The number of carbonyl (C=O) groups excluding carboxylic acids is 1. The molecule has 0 bridgehead atoms. The molecule has 1 rings (SSSR count). The summed E-state index contributed by atoms with van der Waals surface area (Å²) in [6, 6.07) is 0. The quantitative estimate of drug-likeness (QED) is 0.678. The van der Waals surface area contributed by atoms with Gasteiger partial charge in [0.15, 0.2) is 0 Å². The van der Waals surface area contributed by atoms with Crippen molar-refractivity contribution in [1.29, 1.82) is 0 Å². The predicted octanol–water partition coefficient (Wildman–Crippen LogP) is 2.07. The minimum absolute atomic E-state index is 0.216. The van der Waals surface area contributed by atoms with Crippen LogP contribution < -0.4 is 0 Å². The maximum atomic E-state index is 11.6. The van der Waals surface area contributed by atoms with Crippen LogP contribution in [0.5, 0.6) is 0 Å². The van der Waals surface area contributed by atoms with Crippen molar-refractivity contribution in [2.24, 2.45) is 5.41 Å². The molecule has 0 amide bonds. The molecule has 1 aliphatic rings. The third-order valence-electron chi connectivity index (χ3n) is 3.12. The summed E-state index contributed by atoms with van der Waals surface area (Å²) in [5.74, 6) is 0.216. The van der Waals surface area contributed by atoms with Gasteiger partial charge in [0.1, 0.15) is 5.78 Å². The third-order valence-corrected chi connectivity index (χ3v) is 3.12. The normalized spacial score (nSPS) is 34.6. The summed E-state index contributed by atoms with van der Waals surface area (Å²) in [5.41, 5.74) is -0.507. The second-order valence-corrected chi connectivity index (χ2v) is 4.08. The highest BCUT2D eigenvalue weighted by Gasteiger charge is 2.41. The molecule has 0 heterocycles. The molecule has 1 aliphatic carbocycles. The van der Waals surface area contributed by atoms with Gasteiger partial charge in [-0.2, -0.15) is 0 Å². The molecule has 0 aromatic rings. The van der Waals surface area contributed by atoms with Crippen LogP contribution in [0.4, 0.5) is 0 Å². The number of aliphatic hydroxyl groups is 1. The monoisotopic (exact) mass is 182 g/mol. The van der Waals surface area contributed by atoms with E-state index in [0.717, 1.165) is 25.7 Å². The second-order valence-electron chi connectivity index (χ2n) is 4.08. The van der Waals surface area contributed by atoms with Gasteiger partial charge in [-0.3, -0.25) is 4.79 Å². The lowest BCUT2D eigenvalue weighted by atomic mass is 9.69. The first-order valence-electron chi connectivity index (χ1n) is 4.93. The first-order valence-corrected chi connectivity index (χ1v) is 4.93. The average Bonchev–Trinajstić information content (AvgIpc) is 2.11. The van der Waals surface area contributed by atoms with E-state index in [1.165, 1.54) is 0 Å². The summed E-state index contributed by atoms with van der Waals surface area (Å²) in [5, 5.41) is 9.77. The van der Waals surface area contributed by atoms with Gasteiger partial charge in [-0.25, -0.2) is 0 Å². The molecule has 0 aromatic heterocycles. The number of rotatable bonds is 3. The van der Waals surface area contributed by atoms with Gasteiger partial charge in [-0.05, 0) is 25.7 Å². The largest absolute Gasteiger partial charge is 0.392 e. The van der Waals surface area contributed by atoms with Crippen LogP contribution in [0.2, 0.25) is 0 Å². The van der Waals surface area contributed by atoms with Gasteiger partial charge < -0.3 is 5.11 Å². The van der Waals surface area contributed by atoms with Gasteiger partial charge in [-0.1, -0.05) is 13.0 Å².